The summed E-state index contributed by atoms with van der Waals surface area (Å²) in [5.74, 6) is -2.91. The maximum atomic E-state index is 11.8. The Kier molecular flexibility index (Phi) is 14.1. The van der Waals surface area contributed by atoms with Crippen molar-refractivity contribution in [2.45, 2.75) is 64.2 Å². The summed E-state index contributed by atoms with van der Waals surface area (Å²) in [7, 11) is 0. The van der Waals surface area contributed by atoms with E-state index in [1.807, 2.05) is 0 Å². The van der Waals surface area contributed by atoms with Crippen LogP contribution in [0.5, 0.6) is 0 Å². The first-order chi connectivity index (χ1) is 12.2. The zero-order valence-electron chi connectivity index (χ0n) is 17.6. The summed E-state index contributed by atoms with van der Waals surface area (Å²) < 4.78 is 21.6. The van der Waals surface area contributed by atoms with Crippen LogP contribution in [0.15, 0.2) is 0 Å². The second-order valence-electron chi connectivity index (χ2n) is 5.51. The number of amides is 1. The number of carboxylic acids is 1. The van der Waals surface area contributed by atoms with Gasteiger partial charge in [0.05, 0.1) is 12.5 Å². The van der Waals surface area contributed by atoms with Gasteiger partial charge < -0.3 is 19.9 Å². The van der Waals surface area contributed by atoms with Crippen molar-refractivity contribution in [3.05, 3.63) is 0 Å². The molecule has 24 heavy (non-hydrogen) atoms. The number of carboxylic acid groups (broad SMARTS) is 1. The van der Waals surface area contributed by atoms with Crippen LogP contribution in [-0.2, 0) is 9.59 Å². The van der Waals surface area contributed by atoms with E-state index in [9.17, 15) is 14.7 Å². The van der Waals surface area contributed by atoms with Gasteiger partial charge in [0.25, 0.3) is 0 Å². The number of hydrogen-bond acceptors (Lipinski definition) is 5. The summed E-state index contributed by atoms with van der Waals surface area (Å²) in [6, 6.07) is 0. The quantitative estimate of drug-likeness (QED) is 0.148. The summed E-state index contributed by atoms with van der Waals surface area (Å²) in [5.41, 5.74) is 0. The maximum Gasteiger partial charge on any atom is 1.00 e. The SMILES string of the molecule is [2H]C([2H])([2H])N(CC(=O)[O-])C(=N)NC(=O)CCCCCCCCCCCO.[Na+]. The Morgan fingerprint density at radius 2 is 1.58 bits per heavy atom. The molecule has 8 heteroatoms. The van der Waals surface area contributed by atoms with Crippen molar-refractivity contribution in [1.82, 2.24) is 10.2 Å². The monoisotopic (exact) mass is 354 g/mol. The van der Waals surface area contributed by atoms with E-state index in [1.54, 1.807) is 0 Å². The van der Waals surface area contributed by atoms with E-state index < -0.39 is 31.4 Å². The second kappa shape index (κ2) is 17.2. The van der Waals surface area contributed by atoms with E-state index in [4.69, 9.17) is 14.6 Å². The van der Waals surface area contributed by atoms with Crippen LogP contribution in [-0.4, -0.2) is 48.0 Å². The third-order valence-corrected chi connectivity index (χ3v) is 3.38. The van der Waals surface area contributed by atoms with Gasteiger partial charge in [0.15, 0.2) is 5.96 Å². The Morgan fingerprint density at radius 1 is 1.08 bits per heavy atom. The molecule has 7 nitrogen and oxygen atoms in total. The first-order valence-corrected chi connectivity index (χ1v) is 8.15. The maximum absolute atomic E-state index is 11.8. The fourth-order valence-electron chi connectivity index (χ4n) is 2.10. The van der Waals surface area contributed by atoms with Gasteiger partial charge >= 0.3 is 29.6 Å². The Hall–Kier alpha value is -0.630. The van der Waals surface area contributed by atoms with Crippen molar-refractivity contribution in [1.29, 1.82) is 5.41 Å². The number of carbonyl (C=O) groups excluding carboxylic acids is 2. The molecule has 0 saturated heterocycles. The third kappa shape index (κ3) is 16.2. The summed E-state index contributed by atoms with van der Waals surface area (Å²) in [6.45, 7) is -3.59. The van der Waals surface area contributed by atoms with Gasteiger partial charge in [0.1, 0.15) is 0 Å². The number of nitrogens with zero attached hydrogens (tertiary/aromatic N) is 1. The van der Waals surface area contributed by atoms with Gasteiger partial charge in [-0.3, -0.25) is 15.5 Å². The molecule has 0 spiro atoms. The molecule has 0 heterocycles. The number of guanidine groups is 1. The molecule has 0 aromatic rings. The topological polar surface area (TPSA) is 117 Å². The fourth-order valence-corrected chi connectivity index (χ4v) is 2.10. The number of carbonyl (C=O) groups is 2. The van der Waals surface area contributed by atoms with Gasteiger partial charge in [-0.2, -0.15) is 0 Å². The number of hydrogen-bond donors (Lipinski definition) is 3. The minimum absolute atomic E-state index is 0. The van der Waals surface area contributed by atoms with E-state index in [2.05, 4.69) is 5.32 Å². The van der Waals surface area contributed by atoms with E-state index in [1.165, 1.54) is 0 Å². The van der Waals surface area contributed by atoms with Crippen molar-refractivity contribution in [3.8, 4) is 0 Å². The van der Waals surface area contributed by atoms with Crippen LogP contribution in [0.2, 0.25) is 0 Å². The summed E-state index contributed by atoms with van der Waals surface area (Å²) in [4.78, 5) is 22.7. The molecule has 134 valence electrons. The minimum Gasteiger partial charge on any atom is -0.548 e. The average Bonchev–Trinajstić information content (AvgIpc) is 2.53. The number of rotatable bonds is 13. The van der Waals surface area contributed by atoms with E-state index in [-0.39, 0.29) is 42.6 Å². The Labute approximate surface area is 171 Å². The number of aliphatic hydroxyl groups excluding tert-OH is 1. The average molecular weight is 354 g/mol. The van der Waals surface area contributed by atoms with E-state index in [0.717, 1.165) is 51.4 Å². The van der Waals surface area contributed by atoms with Crippen LogP contribution in [0, 0.1) is 5.41 Å². The van der Waals surface area contributed by atoms with Crippen LogP contribution in [0.3, 0.4) is 0 Å². The number of aliphatic hydroxyl groups is 1. The van der Waals surface area contributed by atoms with Gasteiger partial charge in [0, 0.05) is 24.1 Å². The molecule has 0 saturated carbocycles. The summed E-state index contributed by atoms with van der Waals surface area (Å²) >= 11 is 0. The van der Waals surface area contributed by atoms with Gasteiger partial charge in [0.2, 0.25) is 5.91 Å². The number of aliphatic carboxylic acids is 1. The predicted octanol–water partition coefficient (Wildman–Crippen LogP) is -2.38. The van der Waals surface area contributed by atoms with Crippen LogP contribution < -0.4 is 40.0 Å². The molecule has 0 fully saturated rings. The largest absolute Gasteiger partial charge is 1.00 e. The minimum atomic E-state index is -2.85. The third-order valence-electron chi connectivity index (χ3n) is 3.38. The number of nitrogens with one attached hydrogen (secondary N) is 2. The van der Waals surface area contributed by atoms with E-state index in [0.29, 0.717) is 11.3 Å². The molecule has 1 amide bonds. The first kappa shape index (κ1) is 19.7. The Bertz CT molecular complexity index is 451. The molecule has 0 aliphatic carbocycles. The number of likely N-dealkylation sites (N-methyl/N-ethyl adjacent to an activating group) is 1. The Balaban J connectivity index is 0. The molecule has 0 aromatic heterocycles. The van der Waals surface area contributed by atoms with Crippen LogP contribution in [0.1, 0.15) is 68.3 Å². The van der Waals surface area contributed by atoms with Crippen molar-refractivity contribution < 1.29 is 53.5 Å². The van der Waals surface area contributed by atoms with Gasteiger partial charge in [-0.15, -0.1) is 0 Å². The predicted molar refractivity (Wildman–Crippen MR) is 86.8 cm³/mol. The van der Waals surface area contributed by atoms with Crippen LogP contribution in [0.4, 0.5) is 0 Å². The first-order valence-electron chi connectivity index (χ1n) is 9.65. The molecule has 0 aliphatic rings. The van der Waals surface area contributed by atoms with Gasteiger partial charge in [-0.25, -0.2) is 0 Å². The van der Waals surface area contributed by atoms with Crippen LogP contribution in [0.25, 0.3) is 0 Å². The normalized spacial score (nSPS) is 12.3. The molecule has 0 unspecified atom stereocenters. The molecular weight excluding hydrogens is 321 g/mol. The molecule has 0 bridgehead atoms. The molecular formula is C16H30N3NaO4. The second-order valence-corrected chi connectivity index (χ2v) is 5.51. The molecule has 0 aliphatic heterocycles. The molecule has 0 atom stereocenters. The molecule has 0 aromatic carbocycles. The van der Waals surface area contributed by atoms with Crippen molar-refractivity contribution >= 4 is 17.8 Å². The van der Waals surface area contributed by atoms with Gasteiger partial charge in [-0.05, 0) is 12.8 Å². The Morgan fingerprint density at radius 3 is 2.04 bits per heavy atom. The smallest absolute Gasteiger partial charge is 0.548 e. The standard InChI is InChI=1S/C16H31N3O4.Na/c1-19(13-15(22)23)16(17)18-14(21)11-9-7-5-3-2-4-6-8-10-12-20;/h20H,2-13H2,1H3,(H,22,23)(H2,17,18,21);/q;+1/p-1/i1D3;. The van der Waals surface area contributed by atoms with Crippen LogP contribution >= 0.6 is 0 Å². The van der Waals surface area contributed by atoms with E-state index >= 15 is 0 Å². The van der Waals surface area contributed by atoms with Gasteiger partial charge in [-0.1, -0.05) is 44.9 Å². The molecule has 0 rings (SSSR count). The summed E-state index contributed by atoms with van der Waals surface area (Å²) in [6.07, 6.45) is 9.00. The van der Waals surface area contributed by atoms with Crippen molar-refractivity contribution in [3.63, 3.8) is 0 Å². The molecule has 0 radical (unpaired) electrons. The summed E-state index contributed by atoms with van der Waals surface area (Å²) in [5, 5.41) is 29.0. The van der Waals surface area contributed by atoms with Crippen molar-refractivity contribution in [2.75, 3.05) is 20.1 Å². The van der Waals surface area contributed by atoms with Crippen molar-refractivity contribution in [2.24, 2.45) is 0 Å². The fraction of sp³-hybridized carbons (Fsp3) is 0.812. The zero-order chi connectivity index (χ0) is 20.0. The number of unbranched alkanes of at least 4 members (excludes halogenated alkanes) is 8. The molecule has 3 N–H and O–H groups in total. The zero-order valence-corrected chi connectivity index (χ0v) is 16.6.